The number of rotatable bonds is 1. The quantitative estimate of drug-likeness (QED) is 0.598. The normalized spacial score (nSPS) is 8.30. The van der Waals surface area contributed by atoms with Gasteiger partial charge in [0.2, 0.25) is 0 Å². The van der Waals surface area contributed by atoms with Crippen LogP contribution in [-0.2, 0) is 0 Å². The Bertz CT molecular complexity index is 137. The van der Waals surface area contributed by atoms with Crippen molar-refractivity contribution in [3.05, 3.63) is 5.82 Å². The molecule has 0 atom stereocenters. The van der Waals surface area contributed by atoms with Crippen molar-refractivity contribution < 1.29 is 0 Å². The molecule has 0 fully saturated rings. The Labute approximate surface area is 65.8 Å². The fourth-order valence-corrected chi connectivity index (χ4v) is 0.212. The molecule has 0 saturated heterocycles. The number of H-pyrrole nitrogens is 1. The molecule has 1 heterocycles. The van der Waals surface area contributed by atoms with Crippen LogP contribution in [0.3, 0.4) is 0 Å². The molecular weight excluding hydrogens is 148 g/mol. The van der Waals surface area contributed by atoms with Crippen molar-refractivity contribution in [1.82, 2.24) is 20.6 Å². The van der Waals surface area contributed by atoms with Gasteiger partial charge in [0, 0.05) is 0 Å². The molecule has 0 aromatic carbocycles. The van der Waals surface area contributed by atoms with E-state index in [1.807, 2.05) is 0 Å². The third-order valence-electron chi connectivity index (χ3n) is 0.675. The summed E-state index contributed by atoms with van der Waals surface area (Å²) in [7, 11) is 0. The molecule has 0 radical (unpaired) electrons. The highest BCUT2D eigenvalue weighted by molar-refractivity contribution is 7.80. The van der Waals surface area contributed by atoms with Gasteiger partial charge < -0.3 is 0 Å². The van der Waals surface area contributed by atoms with E-state index in [4.69, 9.17) is 0 Å². The Hall–Kier alpha value is -0.580. The lowest BCUT2D eigenvalue weighted by Crippen LogP contribution is -1.69. The van der Waals surface area contributed by atoms with Crippen molar-refractivity contribution in [2.45, 2.75) is 20.3 Å². The number of thiol groups is 1. The smallest absolute Gasteiger partial charge is 0.171 e. The molecule has 1 rings (SSSR count). The monoisotopic (exact) mass is 160 g/mol. The Morgan fingerprint density at radius 3 is 2.30 bits per heavy atom. The van der Waals surface area contributed by atoms with Crippen molar-refractivity contribution in [1.29, 1.82) is 0 Å². The van der Waals surface area contributed by atoms with Crippen molar-refractivity contribution in [3.63, 3.8) is 0 Å². The van der Waals surface area contributed by atoms with Crippen LogP contribution in [0.4, 0.5) is 0 Å². The van der Waals surface area contributed by atoms with Crippen molar-refractivity contribution >= 4 is 12.6 Å². The van der Waals surface area contributed by atoms with E-state index in [0.717, 1.165) is 5.75 Å². The predicted octanol–water partition coefficient (Wildman–Crippen LogP) is 0.834. The Morgan fingerprint density at radius 1 is 1.60 bits per heavy atom. The minimum atomic E-state index is 0.676. The van der Waals surface area contributed by atoms with Gasteiger partial charge in [0.25, 0.3) is 0 Å². The maximum atomic E-state index is 3.92. The van der Waals surface area contributed by atoms with Crippen LogP contribution in [0.2, 0.25) is 0 Å². The lowest BCUT2D eigenvalue weighted by atomic mass is 10.6. The SMILES string of the molecule is CCCS.Cc1nn[nH]n1. The van der Waals surface area contributed by atoms with Crippen LogP contribution in [-0.4, -0.2) is 26.4 Å². The first kappa shape index (κ1) is 9.42. The van der Waals surface area contributed by atoms with Crippen LogP contribution >= 0.6 is 12.6 Å². The number of hydrogen-bond acceptors (Lipinski definition) is 4. The molecule has 0 saturated carbocycles. The second-order valence-corrected chi connectivity index (χ2v) is 2.13. The molecule has 0 aliphatic heterocycles. The number of hydrogen-bond donors (Lipinski definition) is 2. The summed E-state index contributed by atoms with van der Waals surface area (Å²) in [5.41, 5.74) is 0. The van der Waals surface area contributed by atoms with Crippen LogP contribution in [0, 0.1) is 6.92 Å². The molecule has 5 heteroatoms. The van der Waals surface area contributed by atoms with Crippen molar-refractivity contribution in [2.24, 2.45) is 0 Å². The Kier molecular flexibility index (Phi) is 6.16. The molecular formula is C5H12N4S. The number of nitrogens with one attached hydrogen (secondary N) is 1. The number of aromatic nitrogens is 4. The van der Waals surface area contributed by atoms with E-state index in [0.29, 0.717) is 5.82 Å². The van der Waals surface area contributed by atoms with E-state index in [1.54, 1.807) is 6.92 Å². The fourth-order valence-electron chi connectivity index (χ4n) is 0.212. The molecule has 0 bridgehead atoms. The highest BCUT2D eigenvalue weighted by atomic mass is 32.1. The van der Waals surface area contributed by atoms with E-state index in [2.05, 4.69) is 40.2 Å². The third kappa shape index (κ3) is 5.55. The van der Waals surface area contributed by atoms with Gasteiger partial charge >= 0.3 is 0 Å². The minimum Gasteiger partial charge on any atom is -0.179 e. The highest BCUT2D eigenvalue weighted by Crippen LogP contribution is 1.74. The van der Waals surface area contributed by atoms with Gasteiger partial charge in [-0.25, -0.2) is 0 Å². The maximum Gasteiger partial charge on any atom is 0.171 e. The zero-order chi connectivity index (χ0) is 7.82. The molecule has 0 aliphatic rings. The Balaban J connectivity index is 0.000000180. The van der Waals surface area contributed by atoms with Gasteiger partial charge in [-0.2, -0.15) is 17.8 Å². The average Bonchev–Trinajstić information content (AvgIpc) is 2.40. The molecule has 58 valence electrons. The summed E-state index contributed by atoms with van der Waals surface area (Å²) in [5.74, 6) is 1.69. The first-order chi connectivity index (χ1) is 4.81. The van der Waals surface area contributed by atoms with Gasteiger partial charge in [-0.1, -0.05) is 12.1 Å². The fraction of sp³-hybridized carbons (Fsp3) is 0.800. The molecule has 4 nitrogen and oxygen atoms in total. The van der Waals surface area contributed by atoms with Crippen molar-refractivity contribution in [2.75, 3.05) is 5.75 Å². The summed E-state index contributed by atoms with van der Waals surface area (Å²) >= 11 is 3.92. The van der Waals surface area contributed by atoms with E-state index in [1.165, 1.54) is 6.42 Å². The molecule has 0 aliphatic carbocycles. The highest BCUT2D eigenvalue weighted by Gasteiger charge is 1.78. The second-order valence-electron chi connectivity index (χ2n) is 1.68. The maximum absolute atomic E-state index is 3.92. The predicted molar refractivity (Wildman–Crippen MR) is 43.1 cm³/mol. The molecule has 0 amide bonds. The molecule has 1 aromatic rings. The minimum absolute atomic E-state index is 0.676. The molecule has 0 unspecified atom stereocenters. The summed E-state index contributed by atoms with van der Waals surface area (Å²) in [5, 5.41) is 12.7. The first-order valence-electron chi connectivity index (χ1n) is 3.12. The molecule has 0 spiro atoms. The van der Waals surface area contributed by atoms with Gasteiger partial charge in [-0.05, 0) is 19.1 Å². The largest absolute Gasteiger partial charge is 0.179 e. The van der Waals surface area contributed by atoms with Crippen LogP contribution in [0.1, 0.15) is 19.2 Å². The average molecular weight is 160 g/mol. The van der Waals surface area contributed by atoms with Crippen LogP contribution < -0.4 is 0 Å². The van der Waals surface area contributed by atoms with Crippen LogP contribution in [0.15, 0.2) is 0 Å². The zero-order valence-corrected chi connectivity index (χ0v) is 7.10. The lowest BCUT2D eigenvalue weighted by molar-refractivity contribution is 0.881. The van der Waals surface area contributed by atoms with Gasteiger partial charge in [0.15, 0.2) is 5.82 Å². The van der Waals surface area contributed by atoms with E-state index in [9.17, 15) is 0 Å². The summed E-state index contributed by atoms with van der Waals surface area (Å²) in [6.45, 7) is 3.87. The van der Waals surface area contributed by atoms with Crippen LogP contribution in [0.25, 0.3) is 0 Å². The van der Waals surface area contributed by atoms with Crippen molar-refractivity contribution in [3.8, 4) is 0 Å². The number of aromatic amines is 1. The molecule has 10 heavy (non-hydrogen) atoms. The summed E-state index contributed by atoms with van der Waals surface area (Å²) < 4.78 is 0. The third-order valence-corrected chi connectivity index (χ3v) is 1.12. The van der Waals surface area contributed by atoms with E-state index >= 15 is 0 Å². The van der Waals surface area contributed by atoms with Crippen LogP contribution in [0.5, 0.6) is 0 Å². The first-order valence-corrected chi connectivity index (χ1v) is 3.75. The van der Waals surface area contributed by atoms with Gasteiger partial charge in [-0.3, -0.25) is 0 Å². The summed E-state index contributed by atoms with van der Waals surface area (Å²) in [6.07, 6.45) is 1.18. The second kappa shape index (κ2) is 6.54. The topological polar surface area (TPSA) is 54.5 Å². The molecule has 1 aromatic heterocycles. The standard InChI is InChI=1S/C3H8S.C2H4N4/c1-2-3-4;1-2-3-5-6-4-2/h4H,2-3H2,1H3;1H3,(H,3,4,5,6). The van der Waals surface area contributed by atoms with Gasteiger partial charge in [0.05, 0.1) is 0 Å². The molecule has 1 N–H and O–H groups in total. The number of aryl methyl sites for hydroxylation is 1. The van der Waals surface area contributed by atoms with Gasteiger partial charge in [0.1, 0.15) is 0 Å². The van der Waals surface area contributed by atoms with E-state index < -0.39 is 0 Å². The number of tetrazole rings is 1. The Morgan fingerprint density at radius 2 is 2.20 bits per heavy atom. The summed E-state index contributed by atoms with van der Waals surface area (Å²) in [6, 6.07) is 0. The zero-order valence-electron chi connectivity index (χ0n) is 6.20. The van der Waals surface area contributed by atoms with Gasteiger partial charge in [-0.15, -0.1) is 10.2 Å². The summed E-state index contributed by atoms with van der Waals surface area (Å²) in [4.78, 5) is 0. The lowest BCUT2D eigenvalue weighted by Gasteiger charge is -1.67. The number of nitrogens with zero attached hydrogens (tertiary/aromatic N) is 3. The van der Waals surface area contributed by atoms with E-state index in [-0.39, 0.29) is 0 Å².